The van der Waals surface area contributed by atoms with E-state index in [-0.39, 0.29) is 11.6 Å². The molecule has 112 valence electrons. The number of hydrogen-bond donors (Lipinski definition) is 1. The summed E-state index contributed by atoms with van der Waals surface area (Å²) in [6.07, 6.45) is 0. The van der Waals surface area contributed by atoms with Crippen molar-refractivity contribution in [2.75, 3.05) is 5.32 Å². The molecule has 0 spiro atoms. The van der Waals surface area contributed by atoms with Crippen molar-refractivity contribution in [2.24, 2.45) is 0 Å². The average Bonchev–Trinajstić information content (AvgIpc) is 2.84. The third kappa shape index (κ3) is 2.08. The predicted molar refractivity (Wildman–Crippen MR) is 84.0 cm³/mol. The number of nitrogens with one attached hydrogen (secondary N) is 1. The molecular weight excluding hydrogens is 278 g/mol. The van der Waals surface area contributed by atoms with Crippen molar-refractivity contribution in [1.82, 2.24) is 0 Å². The summed E-state index contributed by atoms with van der Waals surface area (Å²) in [6, 6.07) is 16.3. The molecule has 0 radical (unpaired) electrons. The smallest absolute Gasteiger partial charge is 0.247 e. The maximum atomic E-state index is 12.3. The minimum atomic E-state index is -1.51. The molecule has 1 atom stereocenters. The van der Waals surface area contributed by atoms with Crippen LogP contribution in [0.25, 0.3) is 0 Å². The first-order valence-electron chi connectivity index (χ1n) is 7.17. The number of carbonyl (C=O) groups is 2. The van der Waals surface area contributed by atoms with E-state index < -0.39 is 11.6 Å². The van der Waals surface area contributed by atoms with E-state index in [0.29, 0.717) is 5.75 Å². The van der Waals surface area contributed by atoms with E-state index in [1.807, 2.05) is 48.5 Å². The Bertz CT molecular complexity index is 710. The molecule has 0 saturated carbocycles. The molecule has 1 N–H and O–H groups in total. The van der Waals surface area contributed by atoms with Gasteiger partial charge in [0.05, 0.1) is 0 Å². The number of ether oxygens (including phenoxy) is 1. The standard InChI is InChI=1S/C18H17NO3/c1-12(20)18(13(2)21)17(19-14-8-4-3-5-9-14)15-10-6-7-11-16(15)22-18/h3-11,17,19H,1-2H3. The van der Waals surface area contributed by atoms with Crippen LogP contribution >= 0.6 is 0 Å². The Kier molecular flexibility index (Phi) is 3.45. The fraction of sp³-hybridized carbons (Fsp3) is 0.222. The van der Waals surface area contributed by atoms with Crippen molar-refractivity contribution in [3.05, 3.63) is 60.2 Å². The first kappa shape index (κ1) is 14.3. The zero-order valence-corrected chi connectivity index (χ0v) is 12.5. The molecule has 1 unspecified atom stereocenters. The van der Waals surface area contributed by atoms with Crippen molar-refractivity contribution >= 4 is 17.3 Å². The van der Waals surface area contributed by atoms with Crippen LogP contribution in [0.3, 0.4) is 0 Å². The lowest BCUT2D eigenvalue weighted by atomic mass is 9.84. The maximum absolute atomic E-state index is 12.3. The van der Waals surface area contributed by atoms with E-state index in [2.05, 4.69) is 5.32 Å². The SMILES string of the molecule is CC(=O)C1(C(C)=O)Oc2ccccc2C1Nc1ccccc1. The van der Waals surface area contributed by atoms with Crippen molar-refractivity contribution in [3.63, 3.8) is 0 Å². The van der Waals surface area contributed by atoms with Gasteiger partial charge in [0.2, 0.25) is 5.60 Å². The van der Waals surface area contributed by atoms with Crippen molar-refractivity contribution in [2.45, 2.75) is 25.5 Å². The number of anilines is 1. The first-order valence-corrected chi connectivity index (χ1v) is 7.17. The second-order valence-corrected chi connectivity index (χ2v) is 5.43. The summed E-state index contributed by atoms with van der Waals surface area (Å²) in [5, 5.41) is 3.28. The molecule has 4 nitrogen and oxygen atoms in total. The van der Waals surface area contributed by atoms with Crippen LogP contribution in [0.2, 0.25) is 0 Å². The Morgan fingerprint density at radius 2 is 1.55 bits per heavy atom. The van der Waals surface area contributed by atoms with Crippen LogP contribution in [-0.4, -0.2) is 17.2 Å². The molecule has 22 heavy (non-hydrogen) atoms. The lowest BCUT2D eigenvalue weighted by Crippen LogP contribution is -2.53. The number of rotatable bonds is 4. The van der Waals surface area contributed by atoms with Gasteiger partial charge in [-0.25, -0.2) is 0 Å². The van der Waals surface area contributed by atoms with Gasteiger partial charge in [0.25, 0.3) is 0 Å². The second-order valence-electron chi connectivity index (χ2n) is 5.43. The summed E-state index contributed by atoms with van der Waals surface area (Å²) >= 11 is 0. The highest BCUT2D eigenvalue weighted by Crippen LogP contribution is 2.46. The molecule has 0 aromatic heterocycles. The highest BCUT2D eigenvalue weighted by molar-refractivity contribution is 6.11. The van der Waals surface area contributed by atoms with E-state index in [0.717, 1.165) is 11.3 Å². The Balaban J connectivity index is 2.11. The zero-order chi connectivity index (χ0) is 15.7. The molecule has 4 heteroatoms. The number of ketones is 2. The molecule has 1 aliphatic rings. The van der Waals surface area contributed by atoms with Gasteiger partial charge >= 0.3 is 0 Å². The van der Waals surface area contributed by atoms with Gasteiger partial charge in [-0.15, -0.1) is 0 Å². The summed E-state index contributed by atoms with van der Waals surface area (Å²) in [6.45, 7) is 2.79. The van der Waals surface area contributed by atoms with Gasteiger partial charge in [-0.1, -0.05) is 36.4 Å². The van der Waals surface area contributed by atoms with E-state index in [1.54, 1.807) is 6.07 Å². The molecular formula is C18H17NO3. The van der Waals surface area contributed by atoms with E-state index in [4.69, 9.17) is 4.74 Å². The fourth-order valence-electron chi connectivity index (χ4n) is 2.94. The normalized spacial score (nSPS) is 18.2. The fourth-order valence-corrected chi connectivity index (χ4v) is 2.94. The maximum Gasteiger partial charge on any atom is 0.247 e. The van der Waals surface area contributed by atoms with Gasteiger partial charge in [-0.2, -0.15) is 0 Å². The van der Waals surface area contributed by atoms with Crippen LogP contribution in [0.4, 0.5) is 5.69 Å². The summed E-state index contributed by atoms with van der Waals surface area (Å²) in [5.74, 6) is -0.0319. The summed E-state index contributed by atoms with van der Waals surface area (Å²) in [7, 11) is 0. The third-order valence-electron chi connectivity index (χ3n) is 4.04. The van der Waals surface area contributed by atoms with Crippen molar-refractivity contribution in [1.29, 1.82) is 0 Å². The Hall–Kier alpha value is -2.62. The quantitative estimate of drug-likeness (QED) is 0.880. The largest absolute Gasteiger partial charge is 0.469 e. The van der Waals surface area contributed by atoms with Crippen molar-refractivity contribution < 1.29 is 14.3 Å². The average molecular weight is 295 g/mol. The molecule has 2 aromatic carbocycles. The molecule has 0 amide bonds. The predicted octanol–water partition coefficient (Wildman–Crippen LogP) is 3.15. The summed E-state index contributed by atoms with van der Waals surface area (Å²) in [4.78, 5) is 24.6. The van der Waals surface area contributed by atoms with E-state index in [9.17, 15) is 9.59 Å². The first-order chi connectivity index (χ1) is 10.6. The number of fused-ring (bicyclic) bond motifs is 1. The van der Waals surface area contributed by atoms with Gasteiger partial charge in [0, 0.05) is 11.3 Å². The van der Waals surface area contributed by atoms with E-state index in [1.165, 1.54) is 13.8 Å². The molecule has 0 aliphatic carbocycles. The Labute approximate surface area is 129 Å². The highest BCUT2D eigenvalue weighted by atomic mass is 16.5. The van der Waals surface area contributed by atoms with E-state index >= 15 is 0 Å². The van der Waals surface area contributed by atoms with Crippen LogP contribution in [0.5, 0.6) is 5.75 Å². The molecule has 1 aliphatic heterocycles. The van der Waals surface area contributed by atoms with Gasteiger partial charge in [0.1, 0.15) is 11.8 Å². The number of carbonyl (C=O) groups excluding carboxylic acids is 2. The van der Waals surface area contributed by atoms with Crippen LogP contribution < -0.4 is 10.1 Å². The minimum absolute atomic E-state index is 0.301. The lowest BCUT2D eigenvalue weighted by Gasteiger charge is -2.30. The number of para-hydroxylation sites is 2. The zero-order valence-electron chi connectivity index (χ0n) is 12.5. The summed E-state index contributed by atoms with van der Waals surface area (Å²) < 4.78 is 5.84. The molecule has 2 aromatic rings. The van der Waals surface area contributed by atoms with Crippen LogP contribution in [0.15, 0.2) is 54.6 Å². The molecule has 0 saturated heterocycles. The number of benzene rings is 2. The lowest BCUT2D eigenvalue weighted by molar-refractivity contribution is -0.144. The van der Waals surface area contributed by atoms with Gasteiger partial charge in [0.15, 0.2) is 11.6 Å². The van der Waals surface area contributed by atoms with Crippen LogP contribution in [0, 0.1) is 0 Å². The Morgan fingerprint density at radius 3 is 2.18 bits per heavy atom. The monoisotopic (exact) mass is 295 g/mol. The highest BCUT2D eigenvalue weighted by Gasteiger charge is 2.56. The second kappa shape index (κ2) is 5.30. The molecule has 0 fully saturated rings. The number of Topliss-reactive ketones (excluding diaryl/α,β-unsaturated/α-hetero) is 2. The van der Waals surface area contributed by atoms with Gasteiger partial charge in [-0.05, 0) is 32.0 Å². The topological polar surface area (TPSA) is 55.4 Å². The number of hydrogen-bond acceptors (Lipinski definition) is 4. The van der Waals surface area contributed by atoms with Gasteiger partial charge < -0.3 is 10.1 Å². The molecule has 3 rings (SSSR count). The third-order valence-corrected chi connectivity index (χ3v) is 4.04. The molecule has 1 heterocycles. The van der Waals surface area contributed by atoms with Crippen molar-refractivity contribution in [3.8, 4) is 5.75 Å². The Morgan fingerprint density at radius 1 is 0.955 bits per heavy atom. The molecule has 0 bridgehead atoms. The minimum Gasteiger partial charge on any atom is -0.469 e. The van der Waals surface area contributed by atoms with Crippen LogP contribution in [-0.2, 0) is 9.59 Å². The summed E-state index contributed by atoms with van der Waals surface area (Å²) in [5.41, 5.74) is 0.135. The van der Waals surface area contributed by atoms with Gasteiger partial charge in [-0.3, -0.25) is 9.59 Å². The van der Waals surface area contributed by atoms with Crippen LogP contribution in [0.1, 0.15) is 25.5 Å².